The van der Waals surface area contributed by atoms with E-state index in [2.05, 4.69) is 15.0 Å². The minimum absolute atomic E-state index is 0.00765. The van der Waals surface area contributed by atoms with Gasteiger partial charge in [-0.3, -0.25) is 14.5 Å². The van der Waals surface area contributed by atoms with Gasteiger partial charge in [-0.25, -0.2) is 8.42 Å². The van der Waals surface area contributed by atoms with Crippen molar-refractivity contribution in [1.29, 1.82) is 0 Å². The number of nitrogens with one attached hydrogen (secondary N) is 2. The third kappa shape index (κ3) is 6.19. The minimum Gasteiger partial charge on any atom is -0.355 e. The molecule has 3 aromatic rings. The van der Waals surface area contributed by atoms with Gasteiger partial charge < -0.3 is 5.32 Å². The Labute approximate surface area is 185 Å². The Bertz CT molecular complexity index is 1120. The average Bonchev–Trinajstić information content (AvgIpc) is 2.72. The third-order valence-corrected chi connectivity index (χ3v) is 6.32. The zero-order valence-electron chi connectivity index (χ0n) is 15.8. The van der Waals surface area contributed by atoms with E-state index < -0.39 is 10.0 Å². The van der Waals surface area contributed by atoms with Crippen molar-refractivity contribution in [2.75, 3.05) is 11.3 Å². The molecule has 1 heterocycles. The largest absolute Gasteiger partial charge is 0.355 e. The van der Waals surface area contributed by atoms with E-state index in [0.717, 1.165) is 11.3 Å². The first-order chi connectivity index (χ1) is 14.3. The molecule has 0 bridgehead atoms. The van der Waals surface area contributed by atoms with Crippen LogP contribution in [0.3, 0.4) is 0 Å². The van der Waals surface area contributed by atoms with Gasteiger partial charge >= 0.3 is 0 Å². The molecule has 0 atom stereocenters. The number of carbonyl (C=O) groups is 1. The first-order valence-corrected chi connectivity index (χ1v) is 11.3. The molecule has 0 spiro atoms. The van der Waals surface area contributed by atoms with E-state index in [4.69, 9.17) is 23.2 Å². The number of halogens is 2. The van der Waals surface area contributed by atoms with Gasteiger partial charge in [-0.2, -0.15) is 0 Å². The van der Waals surface area contributed by atoms with E-state index in [0.29, 0.717) is 18.7 Å². The van der Waals surface area contributed by atoms with Crippen LogP contribution < -0.4 is 10.0 Å². The highest BCUT2D eigenvalue weighted by molar-refractivity contribution is 7.92. The maximum Gasteiger partial charge on any atom is 0.261 e. The van der Waals surface area contributed by atoms with Crippen LogP contribution in [0.15, 0.2) is 71.8 Å². The number of nitrogens with zero attached hydrogens (tertiary/aromatic N) is 1. The molecule has 1 aromatic heterocycles. The van der Waals surface area contributed by atoms with Crippen LogP contribution in [-0.4, -0.2) is 25.9 Å². The zero-order chi connectivity index (χ0) is 21.6. The molecule has 0 fully saturated rings. The van der Waals surface area contributed by atoms with Crippen molar-refractivity contribution in [2.24, 2.45) is 0 Å². The SMILES string of the molecule is O=C(Cc1ccc(NS(=O)(=O)c2ccc(Cl)c(Cl)c2)cc1)NCCc1ccccn1. The lowest BCUT2D eigenvalue weighted by Crippen LogP contribution is -2.27. The van der Waals surface area contributed by atoms with E-state index in [1.807, 2.05) is 18.2 Å². The second-order valence-corrected chi connectivity index (χ2v) is 8.97. The van der Waals surface area contributed by atoms with E-state index in [1.165, 1.54) is 18.2 Å². The molecule has 1 amide bonds. The van der Waals surface area contributed by atoms with Crippen LogP contribution in [0.25, 0.3) is 0 Å². The van der Waals surface area contributed by atoms with Gasteiger partial charge in [0.05, 0.1) is 21.4 Å². The highest BCUT2D eigenvalue weighted by atomic mass is 35.5. The number of rotatable bonds is 8. The lowest BCUT2D eigenvalue weighted by Gasteiger charge is -2.10. The molecule has 2 N–H and O–H groups in total. The number of amides is 1. The summed E-state index contributed by atoms with van der Waals surface area (Å²) in [5.41, 5.74) is 2.06. The molecule has 9 heteroatoms. The summed E-state index contributed by atoms with van der Waals surface area (Å²) in [6.45, 7) is 0.497. The Morgan fingerprint density at radius 2 is 1.73 bits per heavy atom. The van der Waals surface area contributed by atoms with Gasteiger partial charge in [0.25, 0.3) is 10.0 Å². The number of hydrogen-bond acceptors (Lipinski definition) is 4. The third-order valence-electron chi connectivity index (χ3n) is 4.20. The van der Waals surface area contributed by atoms with Gasteiger partial charge in [0.1, 0.15) is 0 Å². The van der Waals surface area contributed by atoms with Crippen molar-refractivity contribution < 1.29 is 13.2 Å². The predicted octanol–water partition coefficient (Wildman–Crippen LogP) is 4.09. The van der Waals surface area contributed by atoms with Crippen LogP contribution >= 0.6 is 23.2 Å². The first kappa shape index (κ1) is 22.1. The lowest BCUT2D eigenvalue weighted by molar-refractivity contribution is -0.120. The fourth-order valence-corrected chi connectivity index (χ4v) is 4.12. The summed E-state index contributed by atoms with van der Waals surface area (Å²) in [7, 11) is -3.81. The normalized spacial score (nSPS) is 11.1. The number of carbonyl (C=O) groups excluding carboxylic acids is 1. The maximum atomic E-state index is 12.5. The van der Waals surface area contributed by atoms with Gasteiger partial charge in [0.2, 0.25) is 5.91 Å². The quantitative estimate of drug-likeness (QED) is 0.526. The van der Waals surface area contributed by atoms with Crippen molar-refractivity contribution in [1.82, 2.24) is 10.3 Å². The molecule has 3 rings (SSSR count). The van der Waals surface area contributed by atoms with Crippen molar-refractivity contribution >= 4 is 44.8 Å². The van der Waals surface area contributed by atoms with Crippen molar-refractivity contribution in [3.63, 3.8) is 0 Å². The van der Waals surface area contributed by atoms with Gasteiger partial charge in [-0.15, -0.1) is 0 Å². The van der Waals surface area contributed by atoms with Crippen LogP contribution in [-0.2, 0) is 27.7 Å². The highest BCUT2D eigenvalue weighted by Crippen LogP contribution is 2.26. The second-order valence-electron chi connectivity index (χ2n) is 6.48. The summed E-state index contributed by atoms with van der Waals surface area (Å²) in [4.78, 5) is 16.3. The minimum atomic E-state index is -3.81. The van der Waals surface area contributed by atoms with Gasteiger partial charge in [-0.05, 0) is 48.0 Å². The Morgan fingerprint density at radius 1 is 0.967 bits per heavy atom. The smallest absolute Gasteiger partial charge is 0.261 e. The van der Waals surface area contributed by atoms with Crippen LogP contribution in [0.2, 0.25) is 10.0 Å². The zero-order valence-corrected chi connectivity index (χ0v) is 18.1. The fourth-order valence-electron chi connectivity index (χ4n) is 2.67. The Kier molecular flexibility index (Phi) is 7.31. The molecule has 0 saturated heterocycles. The Balaban J connectivity index is 1.54. The molecule has 156 valence electrons. The van der Waals surface area contributed by atoms with E-state index in [9.17, 15) is 13.2 Å². The van der Waals surface area contributed by atoms with Crippen molar-refractivity contribution in [3.8, 4) is 0 Å². The first-order valence-electron chi connectivity index (χ1n) is 9.07. The summed E-state index contributed by atoms with van der Waals surface area (Å²) >= 11 is 11.7. The van der Waals surface area contributed by atoms with Gasteiger partial charge in [0, 0.05) is 30.5 Å². The molecule has 0 aliphatic heterocycles. The molecular weight excluding hydrogens is 445 g/mol. The second kappa shape index (κ2) is 9.93. The Morgan fingerprint density at radius 3 is 2.40 bits per heavy atom. The summed E-state index contributed by atoms with van der Waals surface area (Å²) in [6.07, 6.45) is 2.57. The molecule has 30 heavy (non-hydrogen) atoms. The average molecular weight is 464 g/mol. The molecule has 0 unspecified atom stereocenters. The molecule has 0 saturated carbocycles. The molecule has 6 nitrogen and oxygen atoms in total. The van der Waals surface area contributed by atoms with E-state index in [-0.39, 0.29) is 27.3 Å². The van der Waals surface area contributed by atoms with Crippen LogP contribution in [0, 0.1) is 0 Å². The summed E-state index contributed by atoms with van der Waals surface area (Å²) in [6, 6.07) is 16.3. The molecule has 0 radical (unpaired) electrons. The van der Waals surface area contributed by atoms with E-state index in [1.54, 1.807) is 30.5 Å². The molecule has 0 aliphatic carbocycles. The lowest BCUT2D eigenvalue weighted by atomic mass is 10.1. The van der Waals surface area contributed by atoms with Crippen molar-refractivity contribution in [3.05, 3.63) is 88.2 Å². The maximum absolute atomic E-state index is 12.5. The fraction of sp³-hybridized carbons (Fsp3) is 0.143. The van der Waals surface area contributed by atoms with Crippen LogP contribution in [0.1, 0.15) is 11.3 Å². The number of hydrogen-bond donors (Lipinski definition) is 2. The standard InChI is InChI=1S/C21H19Cl2N3O3S/c22-19-9-8-18(14-20(19)23)30(28,29)26-17-6-4-15(5-7-17)13-21(27)25-12-10-16-3-1-2-11-24-16/h1-9,11,14,26H,10,12-13H2,(H,25,27). The summed E-state index contributed by atoms with van der Waals surface area (Å²) in [5.74, 6) is -0.116. The van der Waals surface area contributed by atoms with Gasteiger partial charge in [-0.1, -0.05) is 41.4 Å². The van der Waals surface area contributed by atoms with Gasteiger partial charge in [0.15, 0.2) is 0 Å². The number of anilines is 1. The summed E-state index contributed by atoms with van der Waals surface area (Å²) < 4.78 is 27.4. The topological polar surface area (TPSA) is 88.2 Å². The van der Waals surface area contributed by atoms with E-state index >= 15 is 0 Å². The highest BCUT2D eigenvalue weighted by Gasteiger charge is 2.16. The molecule has 2 aromatic carbocycles. The number of benzene rings is 2. The van der Waals surface area contributed by atoms with Crippen molar-refractivity contribution in [2.45, 2.75) is 17.7 Å². The number of sulfonamides is 1. The van der Waals surface area contributed by atoms with Crippen LogP contribution in [0.4, 0.5) is 5.69 Å². The number of pyridine rings is 1. The molecule has 0 aliphatic rings. The van der Waals surface area contributed by atoms with Crippen LogP contribution in [0.5, 0.6) is 0 Å². The number of aromatic nitrogens is 1. The molecular formula is C21H19Cl2N3O3S. The predicted molar refractivity (Wildman–Crippen MR) is 118 cm³/mol. The monoisotopic (exact) mass is 463 g/mol. The Hall–Kier alpha value is -2.61. The summed E-state index contributed by atoms with van der Waals surface area (Å²) in [5, 5.41) is 3.28.